The molecule has 0 aromatic carbocycles. The number of rotatable bonds is 7. The number of ether oxygens (including phenoxy) is 2. The van der Waals surface area contributed by atoms with Crippen LogP contribution in [-0.2, 0) is 19.1 Å². The van der Waals surface area contributed by atoms with E-state index in [4.69, 9.17) is 9.47 Å². The first-order valence-electron chi connectivity index (χ1n) is 6.83. The van der Waals surface area contributed by atoms with E-state index in [-0.39, 0.29) is 30.2 Å². The minimum atomic E-state index is -0.188. The number of hydrogen-bond donors (Lipinski definition) is 1. The molecule has 1 N–H and O–H groups in total. The van der Waals surface area contributed by atoms with Gasteiger partial charge in [-0.05, 0) is 19.8 Å². The van der Waals surface area contributed by atoms with Crippen LogP contribution in [0.2, 0.25) is 0 Å². The summed E-state index contributed by atoms with van der Waals surface area (Å²) in [6, 6.07) is 0. The molecule has 1 aliphatic heterocycles. The zero-order valence-electron chi connectivity index (χ0n) is 12.2. The monoisotopic (exact) mass is 308 g/mol. The van der Waals surface area contributed by atoms with Crippen molar-refractivity contribution in [2.24, 2.45) is 5.92 Å². The maximum Gasteiger partial charge on any atom is 0.310 e. The Kier molecular flexibility index (Phi) is 10.4. The summed E-state index contributed by atoms with van der Waals surface area (Å²) in [6.45, 7) is 4.91. The number of carbonyl (C=O) groups is 2. The van der Waals surface area contributed by atoms with E-state index < -0.39 is 0 Å². The van der Waals surface area contributed by atoms with Gasteiger partial charge in [-0.15, -0.1) is 12.4 Å². The lowest BCUT2D eigenvalue weighted by Crippen LogP contribution is -2.46. The quantitative estimate of drug-likeness (QED) is 0.546. The Morgan fingerprint density at radius 2 is 2.15 bits per heavy atom. The van der Waals surface area contributed by atoms with Gasteiger partial charge in [0.25, 0.3) is 0 Å². The largest absolute Gasteiger partial charge is 0.466 e. The van der Waals surface area contributed by atoms with Gasteiger partial charge in [-0.1, -0.05) is 0 Å². The van der Waals surface area contributed by atoms with Crippen LogP contribution in [0, 0.1) is 5.92 Å². The van der Waals surface area contributed by atoms with Crippen LogP contribution >= 0.6 is 12.4 Å². The molecule has 1 fully saturated rings. The summed E-state index contributed by atoms with van der Waals surface area (Å²) in [4.78, 5) is 25.4. The molecule has 20 heavy (non-hydrogen) atoms. The SMILES string of the molecule is CCOC(=O)C1CCCN(C(=O)CNCCOC)C1.Cl. The third kappa shape index (κ3) is 6.54. The summed E-state index contributed by atoms with van der Waals surface area (Å²) >= 11 is 0. The number of nitrogens with zero attached hydrogens (tertiary/aromatic N) is 1. The van der Waals surface area contributed by atoms with Crippen LogP contribution in [0.4, 0.5) is 0 Å². The predicted octanol–water partition coefficient (Wildman–Crippen LogP) is 0.446. The number of likely N-dealkylation sites (tertiary alicyclic amines) is 1. The molecular weight excluding hydrogens is 284 g/mol. The first kappa shape index (κ1) is 19.1. The Balaban J connectivity index is 0.00000361. The highest BCUT2D eigenvalue weighted by atomic mass is 35.5. The molecule has 0 bridgehead atoms. The van der Waals surface area contributed by atoms with Gasteiger partial charge in [0, 0.05) is 26.7 Å². The summed E-state index contributed by atoms with van der Waals surface area (Å²) in [5, 5.41) is 3.02. The third-order valence-corrected chi connectivity index (χ3v) is 3.15. The fourth-order valence-electron chi connectivity index (χ4n) is 2.14. The molecule has 1 aliphatic rings. The molecular formula is C13H25ClN2O4. The molecule has 1 saturated heterocycles. The number of amides is 1. The number of nitrogens with one attached hydrogen (secondary N) is 1. The van der Waals surface area contributed by atoms with Crippen molar-refractivity contribution in [3.05, 3.63) is 0 Å². The zero-order valence-corrected chi connectivity index (χ0v) is 13.0. The third-order valence-electron chi connectivity index (χ3n) is 3.15. The van der Waals surface area contributed by atoms with Crippen LogP contribution in [0.1, 0.15) is 19.8 Å². The van der Waals surface area contributed by atoms with Crippen molar-refractivity contribution in [3.63, 3.8) is 0 Å². The van der Waals surface area contributed by atoms with Gasteiger partial charge in [-0.3, -0.25) is 9.59 Å². The lowest BCUT2D eigenvalue weighted by Gasteiger charge is -2.31. The van der Waals surface area contributed by atoms with Gasteiger partial charge in [-0.2, -0.15) is 0 Å². The van der Waals surface area contributed by atoms with E-state index in [2.05, 4.69) is 5.32 Å². The van der Waals surface area contributed by atoms with Gasteiger partial charge in [0.05, 0.1) is 25.7 Å². The van der Waals surface area contributed by atoms with E-state index in [1.165, 1.54) is 0 Å². The van der Waals surface area contributed by atoms with Crippen LogP contribution in [0.25, 0.3) is 0 Å². The van der Waals surface area contributed by atoms with Crippen LogP contribution < -0.4 is 5.32 Å². The highest BCUT2D eigenvalue weighted by Gasteiger charge is 2.28. The fraction of sp³-hybridized carbons (Fsp3) is 0.846. The standard InChI is InChI=1S/C13H24N2O4.ClH/c1-3-19-13(17)11-5-4-7-15(10-11)12(16)9-14-6-8-18-2;/h11,14H,3-10H2,1-2H3;1H. The average molecular weight is 309 g/mol. The average Bonchev–Trinajstić information content (AvgIpc) is 2.44. The highest BCUT2D eigenvalue weighted by molar-refractivity contribution is 5.85. The van der Waals surface area contributed by atoms with Crippen molar-refractivity contribution in [3.8, 4) is 0 Å². The topological polar surface area (TPSA) is 67.9 Å². The number of halogens is 1. The second kappa shape index (κ2) is 10.9. The van der Waals surface area contributed by atoms with Crippen molar-refractivity contribution < 1.29 is 19.1 Å². The number of piperidine rings is 1. The summed E-state index contributed by atoms with van der Waals surface area (Å²) in [5.41, 5.74) is 0. The zero-order chi connectivity index (χ0) is 14.1. The Bertz CT molecular complexity index is 302. The Hall–Kier alpha value is -0.850. The number of carbonyl (C=O) groups excluding carboxylic acids is 2. The molecule has 0 aromatic rings. The maximum atomic E-state index is 12.0. The lowest BCUT2D eigenvalue weighted by atomic mass is 9.98. The molecule has 1 unspecified atom stereocenters. The summed E-state index contributed by atoms with van der Waals surface area (Å²) in [5.74, 6) is -0.325. The minimum Gasteiger partial charge on any atom is -0.466 e. The van der Waals surface area contributed by atoms with E-state index >= 15 is 0 Å². The van der Waals surface area contributed by atoms with Gasteiger partial charge in [0.15, 0.2) is 0 Å². The molecule has 1 amide bonds. The van der Waals surface area contributed by atoms with Crippen LogP contribution in [0.15, 0.2) is 0 Å². The molecule has 0 aromatic heterocycles. The maximum absolute atomic E-state index is 12.0. The van der Waals surface area contributed by atoms with Crippen LogP contribution in [-0.4, -0.2) is 63.3 Å². The van der Waals surface area contributed by atoms with Gasteiger partial charge < -0.3 is 19.7 Å². The van der Waals surface area contributed by atoms with Crippen LogP contribution in [0.3, 0.4) is 0 Å². The summed E-state index contributed by atoms with van der Waals surface area (Å²) in [7, 11) is 1.62. The number of hydrogen-bond acceptors (Lipinski definition) is 5. The number of esters is 1. The lowest BCUT2D eigenvalue weighted by molar-refractivity contribution is -0.151. The van der Waals surface area contributed by atoms with Gasteiger partial charge in [-0.25, -0.2) is 0 Å². The summed E-state index contributed by atoms with van der Waals surface area (Å²) < 4.78 is 9.91. The molecule has 1 rings (SSSR count). The molecule has 6 nitrogen and oxygen atoms in total. The van der Waals surface area contributed by atoms with Crippen molar-refractivity contribution in [2.75, 3.05) is 46.5 Å². The Morgan fingerprint density at radius 3 is 2.80 bits per heavy atom. The highest BCUT2D eigenvalue weighted by Crippen LogP contribution is 2.17. The predicted molar refractivity (Wildman–Crippen MR) is 77.9 cm³/mol. The Labute approximate surface area is 126 Å². The van der Waals surface area contributed by atoms with Crippen molar-refractivity contribution in [1.29, 1.82) is 0 Å². The Morgan fingerprint density at radius 1 is 1.40 bits per heavy atom. The first-order valence-corrected chi connectivity index (χ1v) is 6.83. The molecule has 0 saturated carbocycles. The van der Waals surface area contributed by atoms with Crippen LogP contribution in [0.5, 0.6) is 0 Å². The molecule has 1 heterocycles. The second-order valence-corrected chi connectivity index (χ2v) is 4.60. The van der Waals surface area contributed by atoms with Gasteiger partial charge in [0.2, 0.25) is 5.91 Å². The number of methoxy groups -OCH3 is 1. The van der Waals surface area contributed by atoms with Crippen molar-refractivity contribution in [2.45, 2.75) is 19.8 Å². The van der Waals surface area contributed by atoms with Gasteiger partial charge >= 0.3 is 5.97 Å². The molecule has 7 heteroatoms. The van der Waals surface area contributed by atoms with Gasteiger partial charge in [0.1, 0.15) is 0 Å². The minimum absolute atomic E-state index is 0. The van der Waals surface area contributed by atoms with E-state index in [1.54, 1.807) is 18.9 Å². The van der Waals surface area contributed by atoms with E-state index in [1.807, 2.05) is 0 Å². The smallest absolute Gasteiger partial charge is 0.310 e. The van der Waals surface area contributed by atoms with E-state index in [0.29, 0.717) is 32.8 Å². The molecule has 1 atom stereocenters. The molecule has 0 spiro atoms. The van der Waals surface area contributed by atoms with Crippen molar-refractivity contribution >= 4 is 24.3 Å². The molecule has 0 aliphatic carbocycles. The normalized spacial score (nSPS) is 18.3. The van der Waals surface area contributed by atoms with E-state index in [0.717, 1.165) is 19.4 Å². The van der Waals surface area contributed by atoms with Crippen molar-refractivity contribution in [1.82, 2.24) is 10.2 Å². The second-order valence-electron chi connectivity index (χ2n) is 4.60. The fourth-order valence-corrected chi connectivity index (χ4v) is 2.14. The molecule has 118 valence electrons. The first-order chi connectivity index (χ1) is 9.19. The summed E-state index contributed by atoms with van der Waals surface area (Å²) in [6.07, 6.45) is 1.66. The molecule has 0 radical (unpaired) electrons. The van der Waals surface area contributed by atoms with E-state index in [9.17, 15) is 9.59 Å².